The van der Waals surface area contributed by atoms with Crippen LogP contribution >= 0.6 is 0 Å². The molecule has 0 heterocycles. The highest BCUT2D eigenvalue weighted by atomic mass is 16.1. The highest BCUT2D eigenvalue weighted by molar-refractivity contribution is 5.87. The fraction of sp³-hybridized carbons (Fsp3) is 0.900. The van der Waals surface area contributed by atoms with Crippen LogP contribution < -0.4 is 0 Å². The monoisotopic (exact) mass is 302 g/mol. The molecule has 4 saturated carbocycles. The first-order valence-corrected chi connectivity index (χ1v) is 9.42. The average Bonchev–Trinajstić information content (AvgIpc) is 2.77. The van der Waals surface area contributed by atoms with Crippen molar-refractivity contribution in [3.63, 3.8) is 0 Å². The second kappa shape index (κ2) is 4.68. The lowest BCUT2D eigenvalue weighted by atomic mass is 9.43. The Labute approximate surface area is 134 Å². The molecule has 0 bridgehead atoms. The lowest BCUT2D eigenvalue weighted by Gasteiger charge is -2.61. The number of Topliss-reactive ketones (excluding diaryl/α,β-unsaturated/α-hetero) is 2. The van der Waals surface area contributed by atoms with Crippen molar-refractivity contribution in [3.8, 4) is 0 Å². The van der Waals surface area contributed by atoms with Crippen LogP contribution in [0, 0.1) is 40.4 Å². The van der Waals surface area contributed by atoms with Crippen molar-refractivity contribution >= 4 is 11.6 Å². The van der Waals surface area contributed by atoms with E-state index in [4.69, 9.17) is 0 Å². The Morgan fingerprint density at radius 1 is 0.955 bits per heavy atom. The van der Waals surface area contributed by atoms with Gasteiger partial charge in [0, 0.05) is 24.7 Å². The number of hydrogen-bond donors (Lipinski definition) is 0. The molecule has 0 N–H and O–H groups in total. The van der Waals surface area contributed by atoms with Gasteiger partial charge in [0.05, 0.1) is 0 Å². The number of carbonyl (C=O) groups excluding carboxylic acids is 2. The molecule has 2 nitrogen and oxygen atoms in total. The highest BCUT2D eigenvalue weighted by Crippen LogP contribution is 2.66. The summed E-state index contributed by atoms with van der Waals surface area (Å²) in [4.78, 5) is 24.5. The summed E-state index contributed by atoms with van der Waals surface area (Å²) in [5.74, 6) is 4.27. The second-order valence-corrected chi connectivity index (χ2v) is 9.28. The quantitative estimate of drug-likeness (QED) is 0.664. The minimum absolute atomic E-state index is 0.0158. The van der Waals surface area contributed by atoms with Gasteiger partial charge in [0.25, 0.3) is 0 Å². The van der Waals surface area contributed by atoms with Crippen LogP contribution in [0.4, 0.5) is 0 Å². The molecule has 122 valence electrons. The van der Waals surface area contributed by atoms with Crippen LogP contribution in [0.15, 0.2) is 0 Å². The Kier molecular flexibility index (Phi) is 3.17. The molecule has 4 aliphatic carbocycles. The first-order chi connectivity index (χ1) is 10.4. The van der Waals surface area contributed by atoms with E-state index in [9.17, 15) is 9.59 Å². The third kappa shape index (κ3) is 1.73. The van der Waals surface area contributed by atoms with Crippen molar-refractivity contribution in [2.24, 2.45) is 40.4 Å². The molecule has 0 aliphatic heterocycles. The molecule has 7 atom stereocenters. The average molecular weight is 302 g/mol. The van der Waals surface area contributed by atoms with Crippen LogP contribution in [-0.4, -0.2) is 11.6 Å². The molecule has 0 aromatic carbocycles. The maximum absolute atomic E-state index is 12.4. The normalized spacial score (nSPS) is 54.6. The van der Waals surface area contributed by atoms with Crippen molar-refractivity contribution in [2.75, 3.05) is 0 Å². The molecule has 4 aliphatic rings. The topological polar surface area (TPSA) is 34.1 Å². The van der Waals surface area contributed by atoms with Gasteiger partial charge in [0.2, 0.25) is 0 Å². The van der Waals surface area contributed by atoms with Crippen LogP contribution in [0.5, 0.6) is 0 Å². The van der Waals surface area contributed by atoms with Gasteiger partial charge in [0.15, 0.2) is 0 Å². The molecular formula is C20H30O2. The summed E-state index contributed by atoms with van der Waals surface area (Å²) in [6.45, 7) is 7.07. The predicted octanol–water partition coefficient (Wildman–Crippen LogP) is 4.41. The maximum atomic E-state index is 12.4. The SMILES string of the molecule is CC1CC(=O)CC2CCC3C4CCC(=O)C4(C)CCC3C12C. The number of rotatable bonds is 0. The third-order valence-electron chi connectivity index (χ3n) is 8.74. The largest absolute Gasteiger partial charge is 0.300 e. The van der Waals surface area contributed by atoms with Crippen molar-refractivity contribution in [1.29, 1.82) is 0 Å². The minimum Gasteiger partial charge on any atom is -0.300 e. The summed E-state index contributed by atoms with van der Waals surface area (Å²) in [7, 11) is 0. The number of carbonyl (C=O) groups is 2. The minimum atomic E-state index is -0.0158. The molecule has 0 aromatic heterocycles. The molecule has 0 saturated heterocycles. The first kappa shape index (κ1) is 14.9. The van der Waals surface area contributed by atoms with E-state index in [-0.39, 0.29) is 5.41 Å². The zero-order chi connectivity index (χ0) is 15.7. The molecule has 4 fully saturated rings. The van der Waals surface area contributed by atoms with Gasteiger partial charge in [0.1, 0.15) is 11.6 Å². The van der Waals surface area contributed by atoms with Gasteiger partial charge < -0.3 is 0 Å². The number of hydrogen-bond acceptors (Lipinski definition) is 2. The smallest absolute Gasteiger partial charge is 0.139 e. The molecule has 0 radical (unpaired) electrons. The van der Waals surface area contributed by atoms with Gasteiger partial charge in [-0.1, -0.05) is 20.8 Å². The fourth-order valence-corrected chi connectivity index (χ4v) is 7.25. The van der Waals surface area contributed by atoms with Gasteiger partial charge in [-0.2, -0.15) is 0 Å². The van der Waals surface area contributed by atoms with Gasteiger partial charge in [-0.25, -0.2) is 0 Å². The molecular weight excluding hydrogens is 272 g/mol. The standard InChI is InChI=1S/C20H30O2/c1-12-10-14(21)11-13-4-5-15-16-6-7-18(22)19(16,2)9-8-17(15)20(12,13)3/h12-13,15-17H,4-11H2,1-3H3. The van der Waals surface area contributed by atoms with Crippen molar-refractivity contribution in [1.82, 2.24) is 0 Å². The molecule has 0 aromatic rings. The lowest BCUT2D eigenvalue weighted by molar-refractivity contribution is -0.153. The molecule has 0 spiro atoms. The second-order valence-electron chi connectivity index (χ2n) is 9.28. The van der Waals surface area contributed by atoms with E-state index in [2.05, 4.69) is 20.8 Å². The van der Waals surface area contributed by atoms with E-state index in [0.29, 0.717) is 34.7 Å². The van der Waals surface area contributed by atoms with E-state index >= 15 is 0 Å². The Balaban J connectivity index is 1.69. The lowest BCUT2D eigenvalue weighted by Crippen LogP contribution is -2.56. The van der Waals surface area contributed by atoms with Gasteiger partial charge in [-0.3, -0.25) is 9.59 Å². The number of fused-ring (bicyclic) bond motifs is 5. The highest BCUT2D eigenvalue weighted by Gasteiger charge is 2.61. The predicted molar refractivity (Wildman–Crippen MR) is 86.3 cm³/mol. The van der Waals surface area contributed by atoms with E-state index in [0.717, 1.165) is 43.9 Å². The van der Waals surface area contributed by atoms with Crippen molar-refractivity contribution < 1.29 is 9.59 Å². The van der Waals surface area contributed by atoms with E-state index in [1.807, 2.05) is 0 Å². The summed E-state index contributed by atoms with van der Waals surface area (Å²) in [6.07, 6.45) is 8.35. The number of ketones is 2. The Morgan fingerprint density at radius 2 is 1.73 bits per heavy atom. The Hall–Kier alpha value is -0.660. The van der Waals surface area contributed by atoms with Crippen LogP contribution in [0.25, 0.3) is 0 Å². The summed E-state index contributed by atoms with van der Waals surface area (Å²) in [6, 6.07) is 0. The van der Waals surface area contributed by atoms with Crippen molar-refractivity contribution in [3.05, 3.63) is 0 Å². The van der Waals surface area contributed by atoms with Crippen LogP contribution in [-0.2, 0) is 9.59 Å². The summed E-state index contributed by atoms with van der Waals surface area (Å²) < 4.78 is 0. The Morgan fingerprint density at radius 3 is 2.50 bits per heavy atom. The van der Waals surface area contributed by atoms with Crippen LogP contribution in [0.3, 0.4) is 0 Å². The van der Waals surface area contributed by atoms with E-state index in [1.165, 1.54) is 19.3 Å². The summed E-state index contributed by atoms with van der Waals surface area (Å²) >= 11 is 0. The molecule has 7 unspecified atom stereocenters. The molecule has 22 heavy (non-hydrogen) atoms. The fourth-order valence-electron chi connectivity index (χ4n) is 7.25. The zero-order valence-corrected chi connectivity index (χ0v) is 14.4. The Bertz CT molecular complexity index is 524. The van der Waals surface area contributed by atoms with Gasteiger partial charge in [-0.15, -0.1) is 0 Å². The maximum Gasteiger partial charge on any atom is 0.139 e. The first-order valence-electron chi connectivity index (χ1n) is 9.42. The van der Waals surface area contributed by atoms with Gasteiger partial charge >= 0.3 is 0 Å². The van der Waals surface area contributed by atoms with Crippen LogP contribution in [0.2, 0.25) is 0 Å². The van der Waals surface area contributed by atoms with E-state index < -0.39 is 0 Å². The molecule has 2 heteroatoms. The third-order valence-corrected chi connectivity index (χ3v) is 8.74. The van der Waals surface area contributed by atoms with Gasteiger partial charge in [-0.05, 0) is 67.1 Å². The van der Waals surface area contributed by atoms with Crippen LogP contribution in [0.1, 0.15) is 72.1 Å². The summed E-state index contributed by atoms with van der Waals surface area (Å²) in [5, 5.41) is 0. The van der Waals surface area contributed by atoms with E-state index in [1.54, 1.807) is 0 Å². The summed E-state index contributed by atoms with van der Waals surface area (Å²) in [5.41, 5.74) is 0.321. The molecule has 0 amide bonds. The molecule has 4 rings (SSSR count). The van der Waals surface area contributed by atoms with Crippen molar-refractivity contribution in [2.45, 2.75) is 72.1 Å². The zero-order valence-electron chi connectivity index (χ0n) is 14.4.